The summed E-state index contributed by atoms with van der Waals surface area (Å²) in [6.45, 7) is 1.52. The Labute approximate surface area is 131 Å². The van der Waals surface area contributed by atoms with Crippen molar-refractivity contribution in [2.75, 3.05) is 13.6 Å². The van der Waals surface area contributed by atoms with Gasteiger partial charge < -0.3 is 10.0 Å². The summed E-state index contributed by atoms with van der Waals surface area (Å²) in [4.78, 5) is 24.4. The zero-order valence-electron chi connectivity index (χ0n) is 12.8. The predicted octanol–water partition coefficient (Wildman–Crippen LogP) is 2.99. The fourth-order valence-electron chi connectivity index (χ4n) is 2.75. The highest BCUT2D eigenvalue weighted by Crippen LogP contribution is 2.51. The van der Waals surface area contributed by atoms with Crippen molar-refractivity contribution >= 4 is 11.9 Å². The maximum atomic E-state index is 13.0. The van der Waals surface area contributed by atoms with E-state index in [1.54, 1.807) is 0 Å². The summed E-state index contributed by atoms with van der Waals surface area (Å²) in [5.74, 6) is -3.00. The van der Waals surface area contributed by atoms with Crippen molar-refractivity contribution in [3.63, 3.8) is 0 Å². The summed E-state index contributed by atoms with van der Waals surface area (Å²) in [6.07, 6.45) is -4.09. The van der Waals surface area contributed by atoms with Gasteiger partial charge in [-0.1, -0.05) is 25.1 Å². The lowest BCUT2D eigenvalue weighted by Gasteiger charge is -2.20. The molecule has 3 unspecified atom stereocenters. The van der Waals surface area contributed by atoms with Gasteiger partial charge >= 0.3 is 12.1 Å². The first kappa shape index (κ1) is 17.3. The van der Waals surface area contributed by atoms with E-state index < -0.39 is 35.5 Å². The van der Waals surface area contributed by atoms with E-state index >= 15 is 0 Å². The lowest BCUT2D eigenvalue weighted by Crippen LogP contribution is -2.34. The van der Waals surface area contributed by atoms with Gasteiger partial charge in [0.15, 0.2) is 0 Å². The summed E-state index contributed by atoms with van der Waals surface area (Å²) >= 11 is 0. The standard InChI is InChI=1S/C16H18F3NO3/c1-9(15(22)23)8-20(2)14(21)12-7-11(12)10-5-3-4-6-13(10)16(17,18)19/h3-6,9,11-12H,7-8H2,1-2H3,(H,22,23). The minimum absolute atomic E-state index is 0.0400. The molecule has 126 valence electrons. The minimum Gasteiger partial charge on any atom is -0.481 e. The Kier molecular flexibility index (Phi) is 4.68. The zero-order valence-corrected chi connectivity index (χ0v) is 12.8. The van der Waals surface area contributed by atoms with Gasteiger partial charge in [-0.3, -0.25) is 9.59 Å². The van der Waals surface area contributed by atoms with Crippen molar-refractivity contribution in [3.05, 3.63) is 35.4 Å². The van der Waals surface area contributed by atoms with Gasteiger partial charge in [0.2, 0.25) is 5.91 Å². The first-order valence-corrected chi connectivity index (χ1v) is 7.26. The smallest absolute Gasteiger partial charge is 0.416 e. The molecule has 7 heteroatoms. The Hall–Kier alpha value is -2.05. The molecule has 0 spiro atoms. The van der Waals surface area contributed by atoms with E-state index in [1.807, 2.05) is 0 Å². The lowest BCUT2D eigenvalue weighted by atomic mass is 10.0. The molecular weight excluding hydrogens is 311 g/mol. The molecule has 0 saturated heterocycles. The van der Waals surface area contributed by atoms with Crippen molar-refractivity contribution in [2.24, 2.45) is 11.8 Å². The second kappa shape index (κ2) is 6.22. The molecule has 1 saturated carbocycles. The molecule has 1 aliphatic rings. The largest absolute Gasteiger partial charge is 0.481 e. The Balaban J connectivity index is 2.08. The third-order valence-electron chi connectivity index (χ3n) is 4.12. The average molecular weight is 329 g/mol. The predicted molar refractivity (Wildman–Crippen MR) is 76.7 cm³/mol. The normalized spacial score (nSPS) is 21.6. The molecule has 0 aromatic heterocycles. The minimum atomic E-state index is -4.45. The van der Waals surface area contributed by atoms with Gasteiger partial charge in [-0.05, 0) is 24.0 Å². The van der Waals surface area contributed by atoms with Crippen LogP contribution >= 0.6 is 0 Å². The number of aliphatic carboxylic acids is 1. The summed E-state index contributed by atoms with van der Waals surface area (Å²) < 4.78 is 39.1. The van der Waals surface area contributed by atoms with Crippen LogP contribution in [0.5, 0.6) is 0 Å². The summed E-state index contributed by atoms with van der Waals surface area (Å²) in [5.41, 5.74) is -0.570. The number of nitrogens with zero attached hydrogens (tertiary/aromatic N) is 1. The van der Waals surface area contributed by atoms with E-state index in [-0.39, 0.29) is 18.0 Å². The van der Waals surface area contributed by atoms with Crippen molar-refractivity contribution in [3.8, 4) is 0 Å². The lowest BCUT2D eigenvalue weighted by molar-refractivity contribution is -0.143. The van der Waals surface area contributed by atoms with E-state index in [2.05, 4.69) is 0 Å². The molecule has 1 N–H and O–H groups in total. The second-order valence-electron chi connectivity index (χ2n) is 5.99. The van der Waals surface area contributed by atoms with Crippen LogP contribution in [0.3, 0.4) is 0 Å². The molecule has 1 aromatic carbocycles. The van der Waals surface area contributed by atoms with Gasteiger partial charge in [0.25, 0.3) is 0 Å². The third-order valence-corrected chi connectivity index (χ3v) is 4.12. The van der Waals surface area contributed by atoms with E-state index in [1.165, 1.54) is 37.1 Å². The highest BCUT2D eigenvalue weighted by molar-refractivity contribution is 5.83. The average Bonchev–Trinajstić information content (AvgIpc) is 3.25. The first-order valence-electron chi connectivity index (χ1n) is 7.26. The number of halogens is 3. The van der Waals surface area contributed by atoms with Gasteiger partial charge in [0, 0.05) is 19.5 Å². The molecule has 0 aliphatic heterocycles. The molecular formula is C16H18F3NO3. The number of hydrogen-bond acceptors (Lipinski definition) is 2. The Morgan fingerprint density at radius 3 is 2.52 bits per heavy atom. The van der Waals surface area contributed by atoms with Crippen LogP contribution in [0.15, 0.2) is 24.3 Å². The van der Waals surface area contributed by atoms with Crippen LogP contribution in [0.4, 0.5) is 13.2 Å². The molecule has 1 aliphatic carbocycles. The number of rotatable bonds is 5. The molecule has 0 heterocycles. The van der Waals surface area contributed by atoms with E-state index in [4.69, 9.17) is 5.11 Å². The van der Waals surface area contributed by atoms with E-state index in [0.717, 1.165) is 6.07 Å². The van der Waals surface area contributed by atoms with Crippen molar-refractivity contribution in [2.45, 2.75) is 25.4 Å². The van der Waals surface area contributed by atoms with Gasteiger partial charge in [0.05, 0.1) is 11.5 Å². The molecule has 4 nitrogen and oxygen atoms in total. The number of hydrogen-bond donors (Lipinski definition) is 1. The topological polar surface area (TPSA) is 57.6 Å². The fraction of sp³-hybridized carbons (Fsp3) is 0.500. The Morgan fingerprint density at radius 2 is 1.96 bits per heavy atom. The Bertz CT molecular complexity index is 615. The highest BCUT2D eigenvalue weighted by Gasteiger charge is 2.48. The van der Waals surface area contributed by atoms with Crippen molar-refractivity contribution in [1.82, 2.24) is 4.90 Å². The quantitative estimate of drug-likeness (QED) is 0.903. The van der Waals surface area contributed by atoms with Gasteiger partial charge in [-0.15, -0.1) is 0 Å². The SMILES string of the molecule is CC(CN(C)C(=O)C1CC1c1ccccc1C(F)(F)F)C(=O)O. The maximum Gasteiger partial charge on any atom is 0.416 e. The molecule has 0 bridgehead atoms. The summed E-state index contributed by atoms with van der Waals surface area (Å²) in [6, 6.07) is 5.28. The number of alkyl halides is 3. The molecule has 2 rings (SSSR count). The van der Waals surface area contributed by atoms with Crippen LogP contribution in [-0.4, -0.2) is 35.5 Å². The van der Waals surface area contributed by atoms with Crippen molar-refractivity contribution < 1.29 is 27.9 Å². The number of amides is 1. The van der Waals surface area contributed by atoms with Gasteiger partial charge in [-0.2, -0.15) is 13.2 Å². The number of carboxylic acid groups (broad SMARTS) is 1. The zero-order chi connectivity index (χ0) is 17.4. The van der Waals surface area contributed by atoms with Crippen molar-refractivity contribution in [1.29, 1.82) is 0 Å². The van der Waals surface area contributed by atoms with Crippen LogP contribution in [0.2, 0.25) is 0 Å². The Morgan fingerprint density at radius 1 is 1.35 bits per heavy atom. The van der Waals surface area contributed by atoms with E-state index in [0.29, 0.717) is 6.42 Å². The molecule has 1 amide bonds. The number of carbonyl (C=O) groups excluding carboxylic acids is 1. The summed E-state index contributed by atoms with van der Waals surface area (Å²) in [7, 11) is 1.48. The summed E-state index contributed by atoms with van der Waals surface area (Å²) in [5, 5.41) is 8.86. The molecule has 23 heavy (non-hydrogen) atoms. The monoisotopic (exact) mass is 329 g/mol. The maximum absolute atomic E-state index is 13.0. The number of carbonyl (C=O) groups is 2. The van der Waals surface area contributed by atoms with Crippen LogP contribution < -0.4 is 0 Å². The third kappa shape index (κ3) is 3.83. The first-order chi connectivity index (χ1) is 10.6. The van der Waals surface area contributed by atoms with Crippen LogP contribution in [0, 0.1) is 11.8 Å². The molecule has 3 atom stereocenters. The molecule has 1 fully saturated rings. The molecule has 0 radical (unpaired) electrons. The van der Waals surface area contributed by atoms with Crippen LogP contribution in [0.25, 0.3) is 0 Å². The fourth-order valence-corrected chi connectivity index (χ4v) is 2.75. The number of benzene rings is 1. The molecule has 1 aromatic rings. The highest BCUT2D eigenvalue weighted by atomic mass is 19.4. The number of carboxylic acids is 1. The van der Waals surface area contributed by atoms with Crippen LogP contribution in [-0.2, 0) is 15.8 Å². The van der Waals surface area contributed by atoms with Gasteiger partial charge in [0.1, 0.15) is 0 Å². The second-order valence-corrected chi connectivity index (χ2v) is 5.99. The van der Waals surface area contributed by atoms with Crippen LogP contribution in [0.1, 0.15) is 30.4 Å². The van der Waals surface area contributed by atoms with Gasteiger partial charge in [-0.25, -0.2) is 0 Å². The van der Waals surface area contributed by atoms with E-state index in [9.17, 15) is 22.8 Å².